The lowest BCUT2D eigenvalue weighted by atomic mass is 10.1. The summed E-state index contributed by atoms with van der Waals surface area (Å²) in [6, 6.07) is 8.20. The molecule has 0 aromatic heterocycles. The summed E-state index contributed by atoms with van der Waals surface area (Å²) < 4.78 is 0. The first-order valence-electron chi connectivity index (χ1n) is 5.86. The summed E-state index contributed by atoms with van der Waals surface area (Å²) in [5.41, 5.74) is 2.57. The summed E-state index contributed by atoms with van der Waals surface area (Å²) in [7, 11) is 0. The molecule has 1 aromatic carbocycles. The van der Waals surface area contributed by atoms with Crippen LogP contribution in [0.3, 0.4) is 0 Å². The molecule has 1 aliphatic heterocycles. The Morgan fingerprint density at radius 1 is 1.00 bits per heavy atom. The van der Waals surface area contributed by atoms with E-state index in [1.807, 2.05) is 17.0 Å². The first-order chi connectivity index (χ1) is 9.40. The number of fused-ring (bicyclic) bond motifs is 1. The second-order valence-electron chi connectivity index (χ2n) is 4.15. The average Bonchev–Trinajstić information content (AvgIpc) is 2.81. The normalized spacial score (nSPS) is 12.6. The minimum absolute atomic E-state index is 0.159. The van der Waals surface area contributed by atoms with Crippen LogP contribution in [0, 0.1) is 0 Å². The average molecular weight is 277 g/mol. The predicted octanol–water partition coefficient (Wildman–Crippen LogP) is 1.26. The molecule has 2 rings (SSSR count). The lowest BCUT2D eigenvalue weighted by molar-refractivity contribution is -0.134. The zero-order valence-corrected chi connectivity index (χ0v) is 10.9. The topological polar surface area (TPSA) is 94.9 Å². The second kappa shape index (κ2) is 7.08. The number of nitrogens with zero attached hydrogens (tertiary/aromatic N) is 1. The zero-order valence-electron chi connectivity index (χ0n) is 10.9. The molecular weight excluding hydrogens is 262 g/mol. The number of benzene rings is 1. The molecule has 0 bridgehead atoms. The number of carboxylic acid groups (broad SMARTS) is 2. The Bertz CT molecular complexity index is 509. The van der Waals surface area contributed by atoms with Crippen LogP contribution in [0.25, 0.3) is 0 Å². The maximum atomic E-state index is 11.0. The van der Waals surface area contributed by atoms with Gasteiger partial charge in [-0.1, -0.05) is 24.3 Å². The van der Waals surface area contributed by atoms with Crippen molar-refractivity contribution in [2.45, 2.75) is 20.0 Å². The molecule has 6 heteroatoms. The van der Waals surface area contributed by atoms with E-state index < -0.39 is 11.9 Å². The number of amides is 1. The molecular formula is C14H15NO5. The van der Waals surface area contributed by atoms with Crippen LogP contribution in [-0.4, -0.2) is 33.0 Å². The fourth-order valence-electron chi connectivity index (χ4n) is 1.70. The zero-order chi connectivity index (χ0) is 15.1. The van der Waals surface area contributed by atoms with Crippen molar-refractivity contribution >= 4 is 17.8 Å². The van der Waals surface area contributed by atoms with Gasteiger partial charge in [0.05, 0.1) is 0 Å². The van der Waals surface area contributed by atoms with Crippen molar-refractivity contribution in [2.75, 3.05) is 0 Å². The van der Waals surface area contributed by atoms with Crippen LogP contribution in [-0.2, 0) is 27.5 Å². The van der Waals surface area contributed by atoms with E-state index in [9.17, 15) is 14.4 Å². The number of rotatable bonds is 2. The van der Waals surface area contributed by atoms with Crippen LogP contribution in [0.5, 0.6) is 0 Å². The molecule has 0 spiro atoms. The van der Waals surface area contributed by atoms with Crippen molar-refractivity contribution in [2.24, 2.45) is 0 Å². The monoisotopic (exact) mass is 277 g/mol. The van der Waals surface area contributed by atoms with Crippen molar-refractivity contribution in [1.82, 2.24) is 4.90 Å². The molecule has 0 fully saturated rings. The molecule has 2 N–H and O–H groups in total. The maximum Gasteiger partial charge on any atom is 0.328 e. The van der Waals surface area contributed by atoms with E-state index >= 15 is 0 Å². The number of hydrogen-bond acceptors (Lipinski definition) is 3. The molecule has 1 aliphatic rings. The Labute approximate surface area is 115 Å². The van der Waals surface area contributed by atoms with Gasteiger partial charge in [-0.3, -0.25) is 4.79 Å². The van der Waals surface area contributed by atoms with Crippen LogP contribution in [0.15, 0.2) is 36.4 Å². The lowest BCUT2D eigenvalue weighted by Crippen LogP contribution is -2.21. The predicted molar refractivity (Wildman–Crippen MR) is 70.8 cm³/mol. The van der Waals surface area contributed by atoms with Gasteiger partial charge in [0, 0.05) is 32.2 Å². The molecule has 1 heterocycles. The molecule has 0 saturated heterocycles. The highest BCUT2D eigenvalue weighted by Crippen LogP contribution is 2.21. The maximum absolute atomic E-state index is 11.0. The van der Waals surface area contributed by atoms with Gasteiger partial charge >= 0.3 is 11.9 Å². The standard InChI is InChI=1S/C10H11NO.C4H4O4/c1-8(12)11-6-9-4-2-3-5-10(9)7-11;5-3(6)1-2-4(7)8/h2-5H,6-7H2,1H3;1-2H,(H,5,6)(H,7,8). The number of carbonyl (C=O) groups excluding carboxylic acids is 1. The van der Waals surface area contributed by atoms with Crippen LogP contribution in [0.2, 0.25) is 0 Å². The van der Waals surface area contributed by atoms with Gasteiger partial charge in [-0.2, -0.15) is 0 Å². The number of carbonyl (C=O) groups is 3. The van der Waals surface area contributed by atoms with Gasteiger partial charge in [0.25, 0.3) is 0 Å². The van der Waals surface area contributed by atoms with Crippen molar-refractivity contribution in [3.05, 3.63) is 47.5 Å². The first kappa shape index (κ1) is 15.4. The molecule has 0 radical (unpaired) electrons. The van der Waals surface area contributed by atoms with Gasteiger partial charge in [0.15, 0.2) is 0 Å². The smallest absolute Gasteiger partial charge is 0.328 e. The van der Waals surface area contributed by atoms with Gasteiger partial charge < -0.3 is 15.1 Å². The molecule has 20 heavy (non-hydrogen) atoms. The summed E-state index contributed by atoms with van der Waals surface area (Å²) in [5, 5.41) is 15.6. The molecule has 0 saturated carbocycles. The third-order valence-corrected chi connectivity index (χ3v) is 2.65. The third kappa shape index (κ3) is 4.93. The molecule has 0 unspecified atom stereocenters. The lowest BCUT2D eigenvalue weighted by Gasteiger charge is -2.10. The highest BCUT2D eigenvalue weighted by Gasteiger charge is 2.19. The molecule has 0 atom stereocenters. The Morgan fingerprint density at radius 2 is 1.40 bits per heavy atom. The molecule has 1 aromatic rings. The van der Waals surface area contributed by atoms with Crippen LogP contribution in [0.1, 0.15) is 18.1 Å². The molecule has 0 aliphatic carbocycles. The minimum atomic E-state index is -1.26. The van der Waals surface area contributed by atoms with Crippen LogP contribution >= 0.6 is 0 Å². The van der Waals surface area contributed by atoms with E-state index in [2.05, 4.69) is 12.1 Å². The molecule has 6 nitrogen and oxygen atoms in total. The Balaban J connectivity index is 0.000000221. The van der Waals surface area contributed by atoms with Crippen molar-refractivity contribution in [1.29, 1.82) is 0 Å². The Hall–Kier alpha value is -2.63. The largest absolute Gasteiger partial charge is 0.478 e. The first-order valence-corrected chi connectivity index (χ1v) is 5.86. The quantitative estimate of drug-likeness (QED) is 0.793. The fourth-order valence-corrected chi connectivity index (χ4v) is 1.70. The Morgan fingerprint density at radius 3 is 1.70 bits per heavy atom. The van der Waals surface area contributed by atoms with Gasteiger partial charge in [0.1, 0.15) is 0 Å². The van der Waals surface area contributed by atoms with E-state index in [1.54, 1.807) is 6.92 Å². The summed E-state index contributed by atoms with van der Waals surface area (Å²) in [6.45, 7) is 3.18. The Kier molecular flexibility index (Phi) is 5.46. The summed E-state index contributed by atoms with van der Waals surface area (Å²) in [6.07, 6.45) is 1.12. The summed E-state index contributed by atoms with van der Waals surface area (Å²) >= 11 is 0. The van der Waals surface area contributed by atoms with E-state index in [0.29, 0.717) is 12.2 Å². The van der Waals surface area contributed by atoms with E-state index in [-0.39, 0.29) is 5.91 Å². The molecule has 106 valence electrons. The highest BCUT2D eigenvalue weighted by atomic mass is 16.4. The van der Waals surface area contributed by atoms with Crippen molar-refractivity contribution in [3.8, 4) is 0 Å². The third-order valence-electron chi connectivity index (χ3n) is 2.65. The SMILES string of the molecule is CC(=O)N1Cc2ccccc2C1.O=C(O)C=CC(=O)O. The van der Waals surface area contributed by atoms with Gasteiger partial charge in [-0.15, -0.1) is 0 Å². The van der Waals surface area contributed by atoms with Crippen LogP contribution < -0.4 is 0 Å². The second-order valence-corrected chi connectivity index (χ2v) is 4.15. The summed E-state index contributed by atoms with van der Waals surface area (Å²) in [4.78, 5) is 32.0. The highest BCUT2D eigenvalue weighted by molar-refractivity contribution is 5.89. The number of carboxylic acids is 2. The number of hydrogen-bond donors (Lipinski definition) is 2. The fraction of sp³-hybridized carbons (Fsp3) is 0.214. The van der Waals surface area contributed by atoms with E-state index in [1.165, 1.54) is 11.1 Å². The van der Waals surface area contributed by atoms with Gasteiger partial charge in [0.2, 0.25) is 5.91 Å². The van der Waals surface area contributed by atoms with E-state index in [0.717, 1.165) is 13.1 Å². The van der Waals surface area contributed by atoms with Crippen molar-refractivity contribution in [3.63, 3.8) is 0 Å². The van der Waals surface area contributed by atoms with E-state index in [4.69, 9.17) is 10.2 Å². The van der Waals surface area contributed by atoms with Crippen molar-refractivity contribution < 1.29 is 24.6 Å². The summed E-state index contributed by atoms with van der Waals surface area (Å²) in [5.74, 6) is -2.36. The number of aliphatic carboxylic acids is 2. The molecule has 1 amide bonds. The minimum Gasteiger partial charge on any atom is -0.478 e. The van der Waals surface area contributed by atoms with Crippen LogP contribution in [0.4, 0.5) is 0 Å². The van der Waals surface area contributed by atoms with Gasteiger partial charge in [-0.05, 0) is 11.1 Å². The van der Waals surface area contributed by atoms with Gasteiger partial charge in [-0.25, -0.2) is 9.59 Å².